The Balaban J connectivity index is 1.40. The summed E-state index contributed by atoms with van der Waals surface area (Å²) in [5, 5.41) is 0.914. The molecule has 8 nitrogen and oxygen atoms in total. The quantitative estimate of drug-likeness (QED) is 0.643. The van der Waals surface area contributed by atoms with Crippen LogP contribution in [-0.2, 0) is 11.3 Å². The number of urea groups is 1. The first kappa shape index (κ1) is 21.9. The van der Waals surface area contributed by atoms with E-state index in [0.717, 1.165) is 11.4 Å². The zero-order chi connectivity index (χ0) is 23.3. The molecular formula is C23H23Cl2N5O3. The van der Waals surface area contributed by atoms with E-state index in [1.165, 1.54) is 9.80 Å². The van der Waals surface area contributed by atoms with E-state index in [-0.39, 0.29) is 12.5 Å². The molecule has 3 heterocycles. The Hall–Kier alpha value is -2.97. The predicted octanol–water partition coefficient (Wildman–Crippen LogP) is 3.67. The van der Waals surface area contributed by atoms with E-state index in [9.17, 15) is 9.59 Å². The lowest BCUT2D eigenvalue weighted by Crippen LogP contribution is -2.64. The number of ether oxygens (including phenoxy) is 1. The van der Waals surface area contributed by atoms with Crippen LogP contribution >= 0.6 is 23.2 Å². The number of hydrogen-bond donors (Lipinski definition) is 0. The van der Waals surface area contributed by atoms with E-state index in [0.29, 0.717) is 41.3 Å². The van der Waals surface area contributed by atoms with Gasteiger partial charge in [-0.05, 0) is 48.9 Å². The van der Waals surface area contributed by atoms with Gasteiger partial charge in [0.25, 0.3) is 5.91 Å². The minimum absolute atomic E-state index is 0.0764. The highest BCUT2D eigenvalue weighted by Gasteiger charge is 2.54. The van der Waals surface area contributed by atoms with E-state index >= 15 is 0 Å². The van der Waals surface area contributed by atoms with Gasteiger partial charge >= 0.3 is 6.03 Å². The van der Waals surface area contributed by atoms with E-state index in [2.05, 4.69) is 4.90 Å². The summed E-state index contributed by atoms with van der Waals surface area (Å²) < 4.78 is 5.53. The lowest BCUT2D eigenvalue weighted by atomic mass is 10.1. The van der Waals surface area contributed by atoms with Crippen molar-refractivity contribution in [2.45, 2.75) is 25.7 Å². The molecule has 0 spiro atoms. The summed E-state index contributed by atoms with van der Waals surface area (Å²) in [7, 11) is 1.68. The fourth-order valence-corrected chi connectivity index (χ4v) is 5.00. The van der Waals surface area contributed by atoms with Gasteiger partial charge in [0.2, 0.25) is 5.96 Å². The van der Waals surface area contributed by atoms with Crippen LogP contribution in [0.25, 0.3) is 0 Å². The number of benzene rings is 2. The first-order chi connectivity index (χ1) is 15.9. The molecule has 3 aliphatic heterocycles. The minimum Gasteiger partial charge on any atom is -0.494 e. The molecule has 3 amide bonds. The number of fused-ring (bicyclic) bond motifs is 3. The molecule has 172 valence electrons. The average Bonchev–Trinajstić information content (AvgIpc) is 3.37. The molecule has 0 radical (unpaired) electrons. The number of anilines is 1. The molecule has 33 heavy (non-hydrogen) atoms. The number of likely N-dealkylation sites (N-methyl/N-ethyl adjacent to an activating group) is 1. The molecule has 2 fully saturated rings. The Morgan fingerprint density at radius 1 is 1.09 bits per heavy atom. The standard InChI is InChI=1S/C23H23Cl2N5O3/c1-3-33-17-8-6-16(7-9-17)28-10-11-29-19-20(26-22(28)29)27(2)23(32)30(21(19)31)13-14-4-5-15(24)12-18(14)25/h4-9,12,19-20H,3,10-11,13H2,1-2H3. The molecule has 2 saturated heterocycles. The van der Waals surface area contributed by atoms with Gasteiger partial charge in [0.05, 0.1) is 13.2 Å². The molecule has 2 aromatic rings. The van der Waals surface area contributed by atoms with Crippen molar-refractivity contribution in [2.75, 3.05) is 31.6 Å². The lowest BCUT2D eigenvalue weighted by molar-refractivity contribution is -0.137. The van der Waals surface area contributed by atoms with Crippen molar-refractivity contribution in [3.05, 3.63) is 58.1 Å². The molecule has 2 unspecified atom stereocenters. The van der Waals surface area contributed by atoms with Gasteiger partial charge in [0.15, 0.2) is 12.2 Å². The number of halogens is 2. The Bertz CT molecular complexity index is 1140. The van der Waals surface area contributed by atoms with Crippen LogP contribution in [0.5, 0.6) is 5.75 Å². The molecule has 2 aromatic carbocycles. The molecule has 3 aliphatic rings. The second-order valence-electron chi connectivity index (χ2n) is 8.11. The molecular weight excluding hydrogens is 465 g/mol. The summed E-state index contributed by atoms with van der Waals surface area (Å²) in [4.78, 5) is 38.2. The fourth-order valence-electron chi connectivity index (χ4n) is 4.54. The minimum atomic E-state index is -0.568. The molecule has 5 rings (SSSR count). The number of aliphatic imine (C=N–C) groups is 1. The van der Waals surface area contributed by atoms with Crippen LogP contribution in [0.4, 0.5) is 10.5 Å². The van der Waals surface area contributed by atoms with E-state index in [1.807, 2.05) is 36.1 Å². The highest BCUT2D eigenvalue weighted by molar-refractivity contribution is 6.35. The van der Waals surface area contributed by atoms with Crippen LogP contribution in [0, 0.1) is 0 Å². The smallest absolute Gasteiger partial charge is 0.328 e. The Labute approximate surface area is 201 Å². The number of rotatable bonds is 5. The third kappa shape index (κ3) is 3.67. The van der Waals surface area contributed by atoms with Crippen LogP contribution in [0.15, 0.2) is 47.5 Å². The summed E-state index contributed by atoms with van der Waals surface area (Å²) in [6.45, 7) is 3.96. The summed E-state index contributed by atoms with van der Waals surface area (Å²) in [5.41, 5.74) is 1.62. The van der Waals surface area contributed by atoms with E-state index < -0.39 is 18.2 Å². The van der Waals surface area contributed by atoms with Crippen LogP contribution in [0.1, 0.15) is 12.5 Å². The summed E-state index contributed by atoms with van der Waals surface area (Å²) in [6.07, 6.45) is -0.567. The number of nitrogens with zero attached hydrogens (tertiary/aromatic N) is 5. The van der Waals surface area contributed by atoms with Crippen LogP contribution in [-0.4, -0.2) is 71.5 Å². The monoisotopic (exact) mass is 487 g/mol. The Morgan fingerprint density at radius 2 is 1.85 bits per heavy atom. The summed E-state index contributed by atoms with van der Waals surface area (Å²) >= 11 is 12.3. The van der Waals surface area contributed by atoms with Gasteiger partial charge in [-0.2, -0.15) is 0 Å². The van der Waals surface area contributed by atoms with Gasteiger partial charge in [-0.15, -0.1) is 0 Å². The third-order valence-corrected chi connectivity index (χ3v) is 6.77. The maximum absolute atomic E-state index is 13.5. The zero-order valence-electron chi connectivity index (χ0n) is 18.2. The maximum atomic E-state index is 13.5. The van der Waals surface area contributed by atoms with Gasteiger partial charge in [-0.25, -0.2) is 9.79 Å². The van der Waals surface area contributed by atoms with Crippen molar-refractivity contribution >= 4 is 46.8 Å². The van der Waals surface area contributed by atoms with Crippen molar-refractivity contribution in [2.24, 2.45) is 4.99 Å². The third-order valence-electron chi connectivity index (χ3n) is 6.18. The second kappa shape index (κ2) is 8.43. The number of hydrogen-bond acceptors (Lipinski definition) is 6. The Kier molecular flexibility index (Phi) is 5.58. The fraction of sp³-hybridized carbons (Fsp3) is 0.348. The molecule has 10 heteroatoms. The maximum Gasteiger partial charge on any atom is 0.328 e. The van der Waals surface area contributed by atoms with Crippen molar-refractivity contribution in [1.29, 1.82) is 0 Å². The average molecular weight is 488 g/mol. The predicted molar refractivity (Wildman–Crippen MR) is 127 cm³/mol. The van der Waals surface area contributed by atoms with Gasteiger partial charge < -0.3 is 19.4 Å². The van der Waals surface area contributed by atoms with E-state index in [4.69, 9.17) is 32.9 Å². The lowest BCUT2D eigenvalue weighted by Gasteiger charge is -2.40. The zero-order valence-corrected chi connectivity index (χ0v) is 19.8. The van der Waals surface area contributed by atoms with Crippen molar-refractivity contribution in [1.82, 2.24) is 14.7 Å². The number of guanidine groups is 1. The largest absolute Gasteiger partial charge is 0.494 e. The highest BCUT2D eigenvalue weighted by atomic mass is 35.5. The summed E-state index contributed by atoms with van der Waals surface area (Å²) in [6, 6.07) is 11.9. The van der Waals surface area contributed by atoms with E-state index in [1.54, 1.807) is 25.2 Å². The number of imide groups is 1. The first-order valence-electron chi connectivity index (χ1n) is 10.8. The van der Waals surface area contributed by atoms with Gasteiger partial charge in [-0.3, -0.25) is 9.69 Å². The number of carbonyl (C=O) groups is 2. The summed E-state index contributed by atoms with van der Waals surface area (Å²) in [5.74, 6) is 1.23. The van der Waals surface area contributed by atoms with Crippen molar-refractivity contribution < 1.29 is 14.3 Å². The van der Waals surface area contributed by atoms with Crippen molar-refractivity contribution in [3.8, 4) is 5.75 Å². The van der Waals surface area contributed by atoms with Crippen LogP contribution in [0.2, 0.25) is 10.0 Å². The van der Waals surface area contributed by atoms with Crippen LogP contribution in [0.3, 0.4) is 0 Å². The normalized spacial score (nSPS) is 22.0. The molecule has 0 aromatic heterocycles. The number of carbonyl (C=O) groups excluding carboxylic acids is 2. The highest BCUT2D eigenvalue weighted by Crippen LogP contribution is 2.35. The first-order valence-corrected chi connectivity index (χ1v) is 11.5. The van der Waals surface area contributed by atoms with Crippen LogP contribution < -0.4 is 9.64 Å². The molecule has 0 bridgehead atoms. The molecule has 0 N–H and O–H groups in total. The second-order valence-corrected chi connectivity index (χ2v) is 8.96. The van der Waals surface area contributed by atoms with Gasteiger partial charge in [0.1, 0.15) is 5.75 Å². The SMILES string of the molecule is CCOc1ccc(N2CCN3C2=NC2C3C(=O)N(Cc3ccc(Cl)cc3Cl)C(=O)N2C)cc1. The molecule has 0 aliphatic carbocycles. The van der Waals surface area contributed by atoms with Gasteiger partial charge in [-0.1, -0.05) is 29.3 Å². The molecule has 2 atom stereocenters. The van der Waals surface area contributed by atoms with Gasteiger partial charge in [0, 0.05) is 35.9 Å². The molecule has 0 saturated carbocycles. The topological polar surface area (TPSA) is 68.7 Å². The van der Waals surface area contributed by atoms with Crippen molar-refractivity contribution in [3.63, 3.8) is 0 Å². The number of amides is 3. The Morgan fingerprint density at radius 3 is 2.55 bits per heavy atom.